The monoisotopic (exact) mass is 500 g/mol. The largest absolute Gasteiger partial charge is 0.506 e. The van der Waals surface area contributed by atoms with Crippen LogP contribution in [0.5, 0.6) is 5.75 Å². The average molecular weight is 501 g/mol. The second-order valence-electron chi connectivity index (χ2n) is 11.7. The molecule has 0 bridgehead atoms. The van der Waals surface area contributed by atoms with Crippen molar-refractivity contribution in [3.63, 3.8) is 0 Å². The van der Waals surface area contributed by atoms with Gasteiger partial charge >= 0.3 is 0 Å². The fraction of sp³-hybridized carbons (Fsp3) is 0.242. The van der Waals surface area contributed by atoms with Gasteiger partial charge in [-0.2, -0.15) is 0 Å². The Balaban J connectivity index is 1.56. The lowest BCUT2D eigenvalue weighted by molar-refractivity contribution is 0.480. The van der Waals surface area contributed by atoms with E-state index in [0.29, 0.717) is 5.52 Å². The van der Waals surface area contributed by atoms with Gasteiger partial charge in [-0.05, 0) is 64.9 Å². The van der Waals surface area contributed by atoms with Crippen molar-refractivity contribution in [2.24, 2.45) is 0 Å². The number of fused-ring (bicyclic) bond motifs is 3. The van der Waals surface area contributed by atoms with Crippen molar-refractivity contribution in [1.82, 2.24) is 15.0 Å². The second kappa shape index (κ2) is 8.38. The minimum atomic E-state index is -0.222. The Morgan fingerprint density at radius 3 is 2.37 bits per heavy atom. The third kappa shape index (κ3) is 3.73. The predicted molar refractivity (Wildman–Crippen MR) is 155 cm³/mol. The molecule has 0 saturated heterocycles. The van der Waals surface area contributed by atoms with Gasteiger partial charge in [-0.1, -0.05) is 65.0 Å². The summed E-state index contributed by atoms with van der Waals surface area (Å²) >= 11 is 0. The molecule has 3 aromatic heterocycles. The molecule has 2 aromatic carbocycles. The first-order valence-corrected chi connectivity index (χ1v) is 13.0. The number of phenolic OH excluding ortho intramolecular Hbond substituents is 1. The van der Waals surface area contributed by atoms with E-state index in [1.165, 1.54) is 16.7 Å². The van der Waals surface area contributed by atoms with E-state index in [1.54, 1.807) is 6.07 Å². The first-order chi connectivity index (χ1) is 18.1. The summed E-state index contributed by atoms with van der Waals surface area (Å²) in [6.45, 7) is 13.1. The molecule has 0 atom stereocenters. The van der Waals surface area contributed by atoms with Crippen LogP contribution in [0.1, 0.15) is 56.9 Å². The number of aryl methyl sites for hydroxylation is 1. The van der Waals surface area contributed by atoms with Gasteiger partial charge in [-0.15, -0.1) is 0 Å². The Morgan fingerprint density at radius 1 is 0.842 bits per heavy atom. The number of rotatable bonds is 2. The number of nitrogens with zero attached hydrogens (tertiary/aromatic N) is 4. The first-order valence-electron chi connectivity index (χ1n) is 13.0. The summed E-state index contributed by atoms with van der Waals surface area (Å²) in [4.78, 5) is 16.5. The molecule has 5 aromatic rings. The Morgan fingerprint density at radius 2 is 1.63 bits per heavy atom. The van der Waals surface area contributed by atoms with Gasteiger partial charge < -0.3 is 5.11 Å². The third-order valence-corrected chi connectivity index (χ3v) is 7.82. The van der Waals surface area contributed by atoms with Crippen LogP contribution in [0.25, 0.3) is 22.2 Å². The van der Waals surface area contributed by atoms with Gasteiger partial charge in [0.2, 0.25) is 0 Å². The molecule has 190 valence electrons. The van der Waals surface area contributed by atoms with Crippen LogP contribution in [0.3, 0.4) is 0 Å². The van der Waals surface area contributed by atoms with Crippen LogP contribution in [0.2, 0.25) is 0 Å². The van der Waals surface area contributed by atoms with Crippen molar-refractivity contribution in [2.45, 2.75) is 52.4 Å². The van der Waals surface area contributed by atoms with Gasteiger partial charge in [0.15, 0.2) is 0 Å². The quantitative estimate of drug-likeness (QED) is 0.265. The van der Waals surface area contributed by atoms with E-state index in [-0.39, 0.29) is 16.6 Å². The number of hydrogen-bond donors (Lipinski definition) is 1. The van der Waals surface area contributed by atoms with Gasteiger partial charge in [-0.3, -0.25) is 9.88 Å². The zero-order valence-electron chi connectivity index (χ0n) is 22.7. The highest BCUT2D eigenvalue weighted by Crippen LogP contribution is 2.52. The standard InChI is InChI=1S/C33H32N4O/c1-20-7-13-29(38)31-23(20)10-12-26(36-31)21-8-11-24-27(17-21)37(28-19-34-16-15-25(28)33(24,5)6)30-14-9-22(18-35-30)32(2,3)4/h7-19,38H,1-6H3. The molecule has 0 radical (unpaired) electrons. The number of hydrogen-bond acceptors (Lipinski definition) is 5. The Hall–Kier alpha value is -4.25. The number of pyridine rings is 3. The molecule has 0 amide bonds. The van der Waals surface area contributed by atoms with Crippen LogP contribution in [-0.2, 0) is 10.8 Å². The smallest absolute Gasteiger partial charge is 0.141 e. The molecule has 0 saturated carbocycles. The number of aromatic hydroxyl groups is 1. The van der Waals surface area contributed by atoms with Crippen molar-refractivity contribution in [3.05, 3.63) is 102 Å². The predicted octanol–water partition coefficient (Wildman–Crippen LogP) is 8.11. The fourth-order valence-corrected chi connectivity index (χ4v) is 5.49. The van der Waals surface area contributed by atoms with Crippen LogP contribution in [0, 0.1) is 6.92 Å². The zero-order valence-corrected chi connectivity index (χ0v) is 22.7. The zero-order chi connectivity index (χ0) is 26.8. The maximum Gasteiger partial charge on any atom is 0.141 e. The van der Waals surface area contributed by atoms with E-state index in [4.69, 9.17) is 9.97 Å². The lowest BCUT2D eigenvalue weighted by atomic mass is 9.73. The Labute approximate surface area is 223 Å². The maximum atomic E-state index is 10.5. The van der Waals surface area contributed by atoms with E-state index in [1.807, 2.05) is 43.7 Å². The number of anilines is 3. The Bertz CT molecular complexity index is 1700. The molecule has 1 N–H and O–H groups in total. The highest BCUT2D eigenvalue weighted by Gasteiger charge is 2.37. The van der Waals surface area contributed by atoms with Crippen molar-refractivity contribution in [1.29, 1.82) is 0 Å². The van der Waals surface area contributed by atoms with Crippen molar-refractivity contribution < 1.29 is 5.11 Å². The summed E-state index contributed by atoms with van der Waals surface area (Å²) in [6, 6.07) is 20.6. The third-order valence-electron chi connectivity index (χ3n) is 7.82. The highest BCUT2D eigenvalue weighted by molar-refractivity contribution is 5.90. The van der Waals surface area contributed by atoms with Gasteiger partial charge in [0.05, 0.1) is 23.3 Å². The summed E-state index contributed by atoms with van der Waals surface area (Å²) in [5, 5.41) is 11.5. The molecule has 38 heavy (non-hydrogen) atoms. The molecular weight excluding hydrogens is 468 g/mol. The molecule has 6 rings (SSSR count). The van der Waals surface area contributed by atoms with Gasteiger partial charge in [0.1, 0.15) is 17.1 Å². The maximum absolute atomic E-state index is 10.5. The summed E-state index contributed by atoms with van der Waals surface area (Å²) in [6.07, 6.45) is 5.77. The van der Waals surface area contributed by atoms with E-state index < -0.39 is 0 Å². The molecule has 0 fully saturated rings. The molecule has 0 aliphatic carbocycles. The van der Waals surface area contributed by atoms with E-state index in [2.05, 4.69) is 80.9 Å². The Kier molecular flexibility index (Phi) is 5.32. The second-order valence-corrected chi connectivity index (χ2v) is 11.7. The molecule has 4 heterocycles. The molecular formula is C33H32N4O. The van der Waals surface area contributed by atoms with Crippen molar-refractivity contribution in [3.8, 4) is 17.0 Å². The molecule has 0 unspecified atom stereocenters. The lowest BCUT2D eigenvalue weighted by Crippen LogP contribution is -2.31. The summed E-state index contributed by atoms with van der Waals surface area (Å²) in [7, 11) is 0. The number of aromatic nitrogens is 3. The molecule has 5 heteroatoms. The average Bonchev–Trinajstić information content (AvgIpc) is 2.90. The van der Waals surface area contributed by atoms with Crippen LogP contribution in [-0.4, -0.2) is 20.1 Å². The van der Waals surface area contributed by atoms with Crippen LogP contribution in [0.15, 0.2) is 79.3 Å². The number of phenols is 1. The topological polar surface area (TPSA) is 62.1 Å². The summed E-state index contributed by atoms with van der Waals surface area (Å²) in [5.41, 5.74) is 8.98. The number of benzene rings is 2. The van der Waals surface area contributed by atoms with Gasteiger partial charge in [0.25, 0.3) is 0 Å². The SMILES string of the molecule is Cc1ccc(O)c2nc(-c3ccc4c(c3)N(c3ccc(C(C)(C)C)cn3)c3cnccc3C4(C)C)ccc12. The molecule has 1 aliphatic rings. The highest BCUT2D eigenvalue weighted by atomic mass is 16.3. The van der Waals surface area contributed by atoms with E-state index in [9.17, 15) is 5.11 Å². The summed E-state index contributed by atoms with van der Waals surface area (Å²) in [5.74, 6) is 1.04. The van der Waals surface area contributed by atoms with E-state index >= 15 is 0 Å². The van der Waals surface area contributed by atoms with Crippen LogP contribution < -0.4 is 4.90 Å². The fourth-order valence-electron chi connectivity index (χ4n) is 5.49. The lowest BCUT2D eigenvalue weighted by Gasteiger charge is -2.41. The van der Waals surface area contributed by atoms with Gasteiger partial charge in [-0.25, -0.2) is 9.97 Å². The molecule has 1 aliphatic heterocycles. The van der Waals surface area contributed by atoms with Gasteiger partial charge in [0, 0.05) is 28.8 Å². The minimum absolute atomic E-state index is 0.0195. The van der Waals surface area contributed by atoms with E-state index in [0.717, 1.165) is 39.4 Å². The van der Waals surface area contributed by atoms with Crippen molar-refractivity contribution >= 4 is 28.1 Å². The normalized spacial score (nSPS) is 14.3. The van der Waals surface area contributed by atoms with Crippen LogP contribution in [0.4, 0.5) is 17.2 Å². The first kappa shape index (κ1) is 24.1. The summed E-state index contributed by atoms with van der Waals surface area (Å²) < 4.78 is 0. The molecule has 5 nitrogen and oxygen atoms in total. The molecule has 0 spiro atoms. The minimum Gasteiger partial charge on any atom is -0.506 e. The van der Waals surface area contributed by atoms with Crippen LogP contribution >= 0.6 is 0 Å². The van der Waals surface area contributed by atoms with Crippen molar-refractivity contribution in [2.75, 3.05) is 4.90 Å².